The first-order valence-electron chi connectivity index (χ1n) is 10.5. The van der Waals surface area contributed by atoms with E-state index in [2.05, 4.69) is 22.0 Å². The molecule has 0 bridgehead atoms. The number of anilines is 4. The predicted octanol–water partition coefficient (Wildman–Crippen LogP) is 4.00. The van der Waals surface area contributed by atoms with Gasteiger partial charge in [0.05, 0.1) is 39.6 Å². The number of hydrogen-bond donors (Lipinski definition) is 4. The van der Waals surface area contributed by atoms with Crippen molar-refractivity contribution in [1.82, 2.24) is 0 Å². The number of thioether (sulfide) groups is 1. The van der Waals surface area contributed by atoms with E-state index in [4.69, 9.17) is 5.73 Å². The fraction of sp³-hybridized carbons (Fsp3) is 0.455. The molecule has 2 heterocycles. The van der Waals surface area contributed by atoms with Gasteiger partial charge in [-0.1, -0.05) is 24.3 Å². The summed E-state index contributed by atoms with van der Waals surface area (Å²) in [6.07, 6.45) is 3.73. The third kappa shape index (κ3) is 5.55. The van der Waals surface area contributed by atoms with Crippen molar-refractivity contribution in [3.63, 3.8) is 0 Å². The van der Waals surface area contributed by atoms with Crippen molar-refractivity contribution in [1.29, 1.82) is 0 Å². The van der Waals surface area contributed by atoms with E-state index in [1.54, 1.807) is 0 Å². The van der Waals surface area contributed by atoms with Gasteiger partial charge in [0.1, 0.15) is 0 Å². The summed E-state index contributed by atoms with van der Waals surface area (Å²) in [4.78, 5) is 0. The maximum Gasteiger partial charge on any atom is 0.152 e. The molecule has 162 valence electrons. The number of para-hydroxylation sites is 4. The number of rotatable bonds is 6. The Labute approximate surface area is 183 Å². The normalized spacial score (nSPS) is 25.9. The fourth-order valence-electron chi connectivity index (χ4n) is 4.09. The third-order valence-corrected chi connectivity index (χ3v) is 8.83. The molecule has 6 nitrogen and oxygen atoms in total. The Kier molecular flexibility index (Phi) is 6.63. The lowest BCUT2D eigenvalue weighted by atomic mass is 10.1. The molecule has 2 aliphatic heterocycles. The molecular weight excluding hydrogens is 416 g/mol. The van der Waals surface area contributed by atoms with E-state index in [9.17, 15) is 8.42 Å². The topological polar surface area (TPSA) is 96.2 Å². The third-order valence-electron chi connectivity index (χ3n) is 5.66. The van der Waals surface area contributed by atoms with Crippen molar-refractivity contribution >= 4 is 44.3 Å². The van der Waals surface area contributed by atoms with E-state index < -0.39 is 9.84 Å². The lowest BCUT2D eigenvalue weighted by Gasteiger charge is -2.32. The van der Waals surface area contributed by atoms with Gasteiger partial charge >= 0.3 is 0 Å². The van der Waals surface area contributed by atoms with Crippen LogP contribution >= 0.6 is 11.8 Å². The Morgan fingerprint density at radius 3 is 2.17 bits per heavy atom. The fourth-order valence-corrected chi connectivity index (χ4v) is 6.96. The molecule has 0 saturated carbocycles. The van der Waals surface area contributed by atoms with E-state index in [1.807, 2.05) is 54.2 Å². The van der Waals surface area contributed by atoms with Crippen molar-refractivity contribution in [2.45, 2.75) is 43.1 Å². The Balaban J connectivity index is 1.33. The van der Waals surface area contributed by atoms with Gasteiger partial charge in [-0.15, -0.1) is 11.8 Å². The molecule has 2 saturated heterocycles. The molecule has 4 rings (SSSR count). The highest BCUT2D eigenvalue weighted by atomic mass is 32.2. The zero-order valence-corrected chi connectivity index (χ0v) is 18.6. The Morgan fingerprint density at radius 1 is 0.833 bits per heavy atom. The highest BCUT2D eigenvalue weighted by molar-refractivity contribution is 8.00. The van der Waals surface area contributed by atoms with E-state index in [0.717, 1.165) is 54.2 Å². The van der Waals surface area contributed by atoms with Crippen LogP contribution in [0.2, 0.25) is 0 Å². The summed E-state index contributed by atoms with van der Waals surface area (Å²) in [5, 5.41) is 11.0. The summed E-state index contributed by atoms with van der Waals surface area (Å²) in [6, 6.07) is 16.4. The van der Waals surface area contributed by atoms with Gasteiger partial charge in [-0.05, 0) is 49.9 Å². The van der Waals surface area contributed by atoms with Crippen molar-refractivity contribution < 1.29 is 8.42 Å². The van der Waals surface area contributed by atoms with Crippen LogP contribution in [-0.4, -0.2) is 43.1 Å². The molecule has 0 radical (unpaired) electrons. The van der Waals surface area contributed by atoms with Gasteiger partial charge in [-0.25, -0.2) is 8.42 Å². The number of nitrogens with one attached hydrogen (secondary N) is 3. The predicted molar refractivity (Wildman–Crippen MR) is 129 cm³/mol. The Bertz CT molecular complexity index is 959. The second-order valence-corrected chi connectivity index (χ2v) is 11.6. The van der Waals surface area contributed by atoms with E-state index in [-0.39, 0.29) is 11.8 Å². The first-order chi connectivity index (χ1) is 14.5. The maximum atomic E-state index is 12.0. The van der Waals surface area contributed by atoms with Crippen LogP contribution < -0.4 is 21.7 Å². The quantitative estimate of drug-likeness (QED) is 0.498. The summed E-state index contributed by atoms with van der Waals surface area (Å²) in [5.41, 5.74) is 9.86. The molecule has 30 heavy (non-hydrogen) atoms. The van der Waals surface area contributed by atoms with Crippen LogP contribution in [0.4, 0.5) is 22.7 Å². The highest BCUT2D eigenvalue weighted by Crippen LogP contribution is 2.32. The molecule has 3 atom stereocenters. The van der Waals surface area contributed by atoms with Crippen LogP contribution in [0.15, 0.2) is 48.5 Å². The minimum Gasteiger partial charge on any atom is -0.397 e. The SMILES string of the molecule is Nc1ccccc1NC1CCC(Nc2ccccc2NC2CCCS(=O)(=O)C2)SC1. The highest BCUT2D eigenvalue weighted by Gasteiger charge is 2.26. The van der Waals surface area contributed by atoms with Crippen molar-refractivity contribution in [3.05, 3.63) is 48.5 Å². The van der Waals surface area contributed by atoms with Crippen LogP contribution in [0.1, 0.15) is 25.7 Å². The smallest absolute Gasteiger partial charge is 0.152 e. The van der Waals surface area contributed by atoms with Crippen molar-refractivity contribution in [2.24, 2.45) is 0 Å². The summed E-state index contributed by atoms with van der Waals surface area (Å²) < 4.78 is 23.9. The van der Waals surface area contributed by atoms with E-state index in [1.165, 1.54) is 0 Å². The molecule has 0 aromatic heterocycles. The molecule has 5 N–H and O–H groups in total. The molecule has 3 unspecified atom stereocenters. The molecule has 0 aliphatic carbocycles. The van der Waals surface area contributed by atoms with Crippen LogP contribution in [-0.2, 0) is 9.84 Å². The second kappa shape index (κ2) is 9.39. The van der Waals surface area contributed by atoms with Gasteiger partial charge in [0.2, 0.25) is 0 Å². The first-order valence-corrected chi connectivity index (χ1v) is 13.4. The van der Waals surface area contributed by atoms with E-state index >= 15 is 0 Å². The minimum absolute atomic E-state index is 0.0179. The van der Waals surface area contributed by atoms with Crippen LogP contribution in [0, 0.1) is 0 Å². The van der Waals surface area contributed by atoms with Gasteiger partial charge < -0.3 is 21.7 Å². The largest absolute Gasteiger partial charge is 0.397 e. The average Bonchev–Trinajstić information content (AvgIpc) is 2.72. The first kappa shape index (κ1) is 21.2. The van der Waals surface area contributed by atoms with Crippen molar-refractivity contribution in [3.8, 4) is 0 Å². The standard InChI is InChI=1S/C22H30N4O2S2/c23-18-7-1-2-8-19(18)24-16-11-12-22(29-14-16)26-21-10-4-3-9-20(21)25-17-6-5-13-30(27,28)15-17/h1-4,7-10,16-17,22,24-26H,5-6,11-15,23H2. The molecular formula is C22H30N4O2S2. The van der Waals surface area contributed by atoms with Crippen molar-refractivity contribution in [2.75, 3.05) is 38.9 Å². The molecule has 2 aliphatic rings. The summed E-state index contributed by atoms with van der Waals surface area (Å²) in [6.45, 7) is 0. The second-order valence-electron chi connectivity index (χ2n) is 8.12. The number of hydrogen-bond acceptors (Lipinski definition) is 7. The van der Waals surface area contributed by atoms with Gasteiger partial charge in [-0.2, -0.15) is 0 Å². The summed E-state index contributed by atoms with van der Waals surface area (Å²) in [5.74, 6) is 1.53. The monoisotopic (exact) mass is 446 g/mol. The Morgan fingerprint density at radius 2 is 1.50 bits per heavy atom. The van der Waals surface area contributed by atoms with Gasteiger partial charge in [0.15, 0.2) is 9.84 Å². The lowest BCUT2D eigenvalue weighted by molar-refractivity contribution is 0.562. The molecule has 2 fully saturated rings. The van der Waals surface area contributed by atoms with E-state index in [0.29, 0.717) is 17.2 Å². The molecule has 2 aromatic carbocycles. The zero-order chi connectivity index (χ0) is 21.0. The number of benzene rings is 2. The van der Waals surface area contributed by atoms with Crippen LogP contribution in [0.25, 0.3) is 0 Å². The number of sulfone groups is 1. The lowest BCUT2D eigenvalue weighted by Crippen LogP contribution is -2.35. The number of nitrogens with two attached hydrogens (primary N) is 1. The minimum atomic E-state index is -2.93. The zero-order valence-electron chi connectivity index (χ0n) is 17.0. The van der Waals surface area contributed by atoms with Gasteiger partial charge in [-0.3, -0.25) is 0 Å². The molecule has 0 spiro atoms. The van der Waals surface area contributed by atoms with Crippen LogP contribution in [0.5, 0.6) is 0 Å². The van der Waals surface area contributed by atoms with Gasteiger partial charge in [0.25, 0.3) is 0 Å². The van der Waals surface area contributed by atoms with Gasteiger partial charge in [0, 0.05) is 17.8 Å². The summed E-state index contributed by atoms with van der Waals surface area (Å²) in [7, 11) is -2.93. The maximum absolute atomic E-state index is 12.0. The van der Waals surface area contributed by atoms with Crippen LogP contribution in [0.3, 0.4) is 0 Å². The Hall–Kier alpha value is -2.06. The number of nitrogen functional groups attached to an aromatic ring is 1. The summed E-state index contributed by atoms with van der Waals surface area (Å²) >= 11 is 1.91. The average molecular weight is 447 g/mol. The molecule has 2 aromatic rings. The molecule has 0 amide bonds. The molecule has 8 heteroatoms.